The molecule has 116 valence electrons. The summed E-state index contributed by atoms with van der Waals surface area (Å²) in [6, 6.07) is 4.30. The molecule has 0 heterocycles. The largest absolute Gasteiger partial charge is 0.416 e. The number of nitrogens with two attached hydrogens (primary N) is 1. The van der Waals surface area contributed by atoms with Crippen LogP contribution in [0.3, 0.4) is 0 Å². The van der Waals surface area contributed by atoms with Gasteiger partial charge in [0.15, 0.2) is 0 Å². The molecule has 0 aliphatic carbocycles. The molecule has 0 amide bonds. The van der Waals surface area contributed by atoms with Crippen molar-refractivity contribution < 1.29 is 18.3 Å². The number of aliphatic hydroxyl groups excluding tert-OH is 1. The normalized spacial score (nSPS) is 15.4. The van der Waals surface area contributed by atoms with Gasteiger partial charge in [-0.2, -0.15) is 13.2 Å². The summed E-state index contributed by atoms with van der Waals surface area (Å²) >= 11 is 0. The number of hydrogen-bond donors (Lipinski definition) is 2. The van der Waals surface area contributed by atoms with Crippen LogP contribution in [0, 0.1) is 5.41 Å². The Hall–Kier alpha value is -0.780. The molecule has 0 aromatic heterocycles. The summed E-state index contributed by atoms with van der Waals surface area (Å²) in [5, 5.41) is 9.99. The molecule has 20 heavy (non-hydrogen) atoms. The lowest BCUT2D eigenvalue weighted by Gasteiger charge is -2.29. The standard InChI is InChI=1S/C14H20F3NO.ClH/c1-13(2,3)12(18)8-11(19)9-4-6-10(7-5-9)14(15,16)17;/h4-7,11-12,19H,8,18H2,1-3H3;1H/t11-,12-;/m0./s1. The van der Waals surface area contributed by atoms with Crippen LogP contribution in [0.15, 0.2) is 24.3 Å². The van der Waals surface area contributed by atoms with Crippen molar-refractivity contribution in [2.75, 3.05) is 0 Å². The molecule has 2 atom stereocenters. The van der Waals surface area contributed by atoms with E-state index in [1.807, 2.05) is 20.8 Å². The van der Waals surface area contributed by atoms with Crippen molar-refractivity contribution in [3.63, 3.8) is 0 Å². The van der Waals surface area contributed by atoms with Crippen LogP contribution in [-0.2, 0) is 6.18 Å². The van der Waals surface area contributed by atoms with Gasteiger partial charge >= 0.3 is 6.18 Å². The first-order valence-electron chi connectivity index (χ1n) is 6.12. The van der Waals surface area contributed by atoms with Gasteiger partial charge < -0.3 is 10.8 Å². The van der Waals surface area contributed by atoms with Gasteiger partial charge in [0.2, 0.25) is 0 Å². The highest BCUT2D eigenvalue weighted by molar-refractivity contribution is 5.85. The SMILES string of the molecule is CC(C)(C)[C@@H](N)C[C@H](O)c1ccc(C(F)(F)F)cc1.Cl. The highest BCUT2D eigenvalue weighted by Gasteiger charge is 2.30. The van der Waals surface area contributed by atoms with Gasteiger partial charge in [0, 0.05) is 6.04 Å². The molecule has 0 aliphatic rings. The topological polar surface area (TPSA) is 46.2 Å². The monoisotopic (exact) mass is 311 g/mol. The summed E-state index contributed by atoms with van der Waals surface area (Å²) in [7, 11) is 0. The van der Waals surface area contributed by atoms with Crippen molar-refractivity contribution in [2.24, 2.45) is 11.1 Å². The third-order valence-corrected chi connectivity index (χ3v) is 3.21. The van der Waals surface area contributed by atoms with Crippen LogP contribution in [0.4, 0.5) is 13.2 Å². The van der Waals surface area contributed by atoms with E-state index >= 15 is 0 Å². The Balaban J connectivity index is 0.00000361. The number of alkyl halides is 3. The molecule has 2 nitrogen and oxygen atoms in total. The molecule has 1 rings (SSSR count). The van der Waals surface area contributed by atoms with Gasteiger partial charge in [-0.3, -0.25) is 0 Å². The summed E-state index contributed by atoms with van der Waals surface area (Å²) < 4.78 is 37.2. The van der Waals surface area contributed by atoms with E-state index in [1.165, 1.54) is 12.1 Å². The smallest absolute Gasteiger partial charge is 0.388 e. The van der Waals surface area contributed by atoms with E-state index in [4.69, 9.17) is 5.73 Å². The van der Waals surface area contributed by atoms with Crippen LogP contribution >= 0.6 is 12.4 Å². The molecular weight excluding hydrogens is 291 g/mol. The van der Waals surface area contributed by atoms with Crippen molar-refractivity contribution in [3.8, 4) is 0 Å². The van der Waals surface area contributed by atoms with Crippen molar-refractivity contribution >= 4 is 12.4 Å². The lowest BCUT2D eigenvalue weighted by molar-refractivity contribution is -0.137. The first-order chi connectivity index (χ1) is 8.51. The maximum atomic E-state index is 12.4. The summed E-state index contributed by atoms with van der Waals surface area (Å²) in [4.78, 5) is 0. The Morgan fingerprint density at radius 2 is 1.55 bits per heavy atom. The van der Waals surface area contributed by atoms with Gasteiger partial charge in [0.1, 0.15) is 0 Å². The van der Waals surface area contributed by atoms with E-state index in [1.54, 1.807) is 0 Å². The zero-order chi connectivity index (χ0) is 14.8. The molecule has 0 aliphatic heterocycles. The van der Waals surface area contributed by atoms with Gasteiger partial charge in [-0.25, -0.2) is 0 Å². The van der Waals surface area contributed by atoms with E-state index in [0.29, 0.717) is 12.0 Å². The highest BCUT2D eigenvalue weighted by Crippen LogP contribution is 2.31. The third-order valence-electron chi connectivity index (χ3n) is 3.21. The quantitative estimate of drug-likeness (QED) is 0.888. The highest BCUT2D eigenvalue weighted by atomic mass is 35.5. The number of rotatable bonds is 3. The Morgan fingerprint density at radius 3 is 1.90 bits per heavy atom. The van der Waals surface area contributed by atoms with Crippen LogP contribution in [0.25, 0.3) is 0 Å². The van der Waals surface area contributed by atoms with E-state index in [-0.39, 0.29) is 23.9 Å². The first kappa shape index (κ1) is 19.2. The lowest BCUT2D eigenvalue weighted by Crippen LogP contribution is -2.36. The maximum absolute atomic E-state index is 12.4. The molecule has 0 saturated heterocycles. The second-order valence-corrected chi connectivity index (χ2v) is 5.84. The van der Waals surface area contributed by atoms with E-state index in [2.05, 4.69) is 0 Å². The van der Waals surface area contributed by atoms with Crippen LogP contribution < -0.4 is 5.73 Å². The number of halogens is 4. The molecular formula is C14H21ClF3NO. The third kappa shape index (κ3) is 5.31. The predicted molar refractivity (Wildman–Crippen MR) is 75.7 cm³/mol. The van der Waals surface area contributed by atoms with Crippen molar-refractivity contribution in [3.05, 3.63) is 35.4 Å². The molecule has 0 radical (unpaired) electrons. The average Bonchev–Trinajstić information content (AvgIpc) is 2.26. The molecule has 0 spiro atoms. The minimum atomic E-state index is -4.36. The molecule has 1 aromatic carbocycles. The molecule has 0 saturated carbocycles. The summed E-state index contributed by atoms with van der Waals surface area (Å²) in [5.41, 5.74) is 5.52. The van der Waals surface area contributed by atoms with E-state index in [9.17, 15) is 18.3 Å². The van der Waals surface area contributed by atoms with Crippen LogP contribution in [-0.4, -0.2) is 11.1 Å². The Bertz CT molecular complexity index is 412. The zero-order valence-electron chi connectivity index (χ0n) is 11.7. The molecule has 0 fully saturated rings. The fourth-order valence-corrected chi connectivity index (χ4v) is 1.62. The minimum Gasteiger partial charge on any atom is -0.388 e. The molecule has 0 unspecified atom stereocenters. The van der Waals surface area contributed by atoms with Crippen LogP contribution in [0.1, 0.15) is 44.4 Å². The molecule has 0 bridgehead atoms. The fourth-order valence-electron chi connectivity index (χ4n) is 1.62. The van der Waals surface area contributed by atoms with Crippen molar-refractivity contribution in [1.29, 1.82) is 0 Å². The average molecular weight is 312 g/mol. The predicted octanol–water partition coefficient (Wildman–Crippen LogP) is 3.92. The second kappa shape index (κ2) is 6.78. The van der Waals surface area contributed by atoms with Crippen molar-refractivity contribution in [1.82, 2.24) is 0 Å². The van der Waals surface area contributed by atoms with Gasteiger partial charge in [-0.05, 0) is 29.5 Å². The maximum Gasteiger partial charge on any atom is 0.416 e. The number of aliphatic hydroxyl groups is 1. The summed E-state index contributed by atoms with van der Waals surface area (Å²) in [6.45, 7) is 5.87. The number of benzene rings is 1. The number of hydrogen-bond acceptors (Lipinski definition) is 2. The Kier molecular flexibility index (Phi) is 6.52. The molecule has 6 heteroatoms. The summed E-state index contributed by atoms with van der Waals surface area (Å²) in [6.07, 6.45) is -4.89. The summed E-state index contributed by atoms with van der Waals surface area (Å²) in [5.74, 6) is 0. The Morgan fingerprint density at radius 1 is 1.10 bits per heavy atom. The zero-order valence-corrected chi connectivity index (χ0v) is 12.6. The van der Waals surface area contributed by atoms with Gasteiger partial charge in [0.05, 0.1) is 11.7 Å². The van der Waals surface area contributed by atoms with E-state index in [0.717, 1.165) is 12.1 Å². The Labute approximate surface area is 123 Å². The molecule has 1 aromatic rings. The van der Waals surface area contributed by atoms with Crippen LogP contribution in [0.5, 0.6) is 0 Å². The molecule has 3 N–H and O–H groups in total. The van der Waals surface area contributed by atoms with Crippen molar-refractivity contribution in [2.45, 2.75) is 45.5 Å². The van der Waals surface area contributed by atoms with Gasteiger partial charge in [-0.15, -0.1) is 12.4 Å². The van der Waals surface area contributed by atoms with Gasteiger partial charge in [0.25, 0.3) is 0 Å². The lowest BCUT2D eigenvalue weighted by atomic mass is 9.83. The van der Waals surface area contributed by atoms with Crippen LogP contribution in [0.2, 0.25) is 0 Å². The first-order valence-corrected chi connectivity index (χ1v) is 6.12. The minimum absolute atomic E-state index is 0. The van der Waals surface area contributed by atoms with Gasteiger partial charge in [-0.1, -0.05) is 32.9 Å². The fraction of sp³-hybridized carbons (Fsp3) is 0.571. The second-order valence-electron chi connectivity index (χ2n) is 5.84. The van der Waals surface area contributed by atoms with E-state index < -0.39 is 17.8 Å².